The van der Waals surface area contributed by atoms with E-state index in [2.05, 4.69) is 151 Å². The number of piperidine rings is 3. The molecule has 0 spiro atoms. The van der Waals surface area contributed by atoms with E-state index in [0.29, 0.717) is 17.8 Å². The third kappa shape index (κ3) is 14.5. The third-order valence-corrected chi connectivity index (χ3v) is 16.5. The molecule has 0 aliphatic carbocycles. The Morgan fingerprint density at radius 2 is 0.906 bits per heavy atom. The summed E-state index contributed by atoms with van der Waals surface area (Å²) in [6.07, 6.45) is 7.20. The van der Waals surface area contributed by atoms with Crippen LogP contribution in [0.5, 0.6) is 0 Å². The van der Waals surface area contributed by atoms with Gasteiger partial charge in [-0.25, -0.2) is 4.39 Å². The Labute approximate surface area is 408 Å². The van der Waals surface area contributed by atoms with Crippen LogP contribution in [0.1, 0.15) is 95.2 Å². The molecule has 0 atom stereocenters. The Morgan fingerprint density at radius 3 is 1.48 bits per heavy atom. The average Bonchev–Trinajstić information content (AvgIpc) is 3.31. The highest BCUT2D eigenvalue weighted by Gasteiger charge is 2.22. The van der Waals surface area contributed by atoms with E-state index < -0.39 is 0 Å². The minimum atomic E-state index is -0.151. The summed E-state index contributed by atoms with van der Waals surface area (Å²) in [6, 6.07) is 42.1. The van der Waals surface area contributed by atoms with E-state index in [1.807, 2.05) is 41.7 Å². The molecule has 0 bridgehead atoms. The van der Waals surface area contributed by atoms with Crippen LogP contribution in [-0.4, -0.2) is 39.3 Å². The van der Waals surface area contributed by atoms with E-state index in [-0.39, 0.29) is 5.82 Å². The van der Waals surface area contributed by atoms with Crippen LogP contribution >= 0.6 is 62.8 Å². The van der Waals surface area contributed by atoms with Crippen LogP contribution in [0.3, 0.4) is 0 Å². The highest BCUT2D eigenvalue weighted by atomic mass is 79.9. The van der Waals surface area contributed by atoms with Gasteiger partial charge in [0, 0.05) is 38.9 Å². The zero-order chi connectivity index (χ0) is 44.8. The van der Waals surface area contributed by atoms with Crippen molar-refractivity contribution in [3.8, 4) is 0 Å². The molecule has 336 valence electrons. The van der Waals surface area contributed by atoms with Crippen molar-refractivity contribution < 1.29 is 4.39 Å². The summed E-state index contributed by atoms with van der Waals surface area (Å²) in [5, 5.41) is 11.1. The molecule has 6 aromatic rings. The van der Waals surface area contributed by atoms with E-state index in [0.717, 1.165) is 62.0 Å². The Hall–Kier alpha value is -3.05. The quantitative estimate of drug-likeness (QED) is 0.134. The molecule has 3 nitrogen and oxygen atoms in total. The molecular weight excluding hydrogens is 933 g/mol. The van der Waals surface area contributed by atoms with Gasteiger partial charge in [0.15, 0.2) is 0 Å². The normalized spacial score (nSPS) is 16.0. The highest BCUT2D eigenvalue weighted by molar-refractivity contribution is 9.10. The lowest BCUT2D eigenvalue weighted by Gasteiger charge is -2.25. The standard InChI is InChI=1S/C19H22BrNS.C18H20ClNS.C18H20FNS/c1-13-3-5-18(14(2)11-13)22-19-6-4-16(20)12-17(19)15-7-9-21-10-8-15;1-13-2-7-18(21-16-5-3-15(19)4-6-16)17(12-13)14-8-10-20-11-9-14;1-13-2-5-16(6-3-13)21-18-12-15(19)4-7-17(18)14-8-10-20-11-9-14/h3-6,11-12,15,21H,7-10H2,1-2H3;2*2-7,12,14,20H,8-11H2,1H3. The van der Waals surface area contributed by atoms with Gasteiger partial charge in [-0.15, -0.1) is 0 Å². The van der Waals surface area contributed by atoms with Gasteiger partial charge in [-0.1, -0.05) is 122 Å². The van der Waals surface area contributed by atoms with Gasteiger partial charge < -0.3 is 16.0 Å². The maximum atomic E-state index is 13.7. The molecule has 6 aromatic carbocycles. The summed E-state index contributed by atoms with van der Waals surface area (Å²) in [5.74, 6) is 1.75. The first-order valence-electron chi connectivity index (χ1n) is 22.8. The maximum Gasteiger partial charge on any atom is 0.124 e. The van der Waals surface area contributed by atoms with E-state index in [4.69, 9.17) is 11.6 Å². The minimum Gasteiger partial charge on any atom is -0.317 e. The van der Waals surface area contributed by atoms with Crippen molar-refractivity contribution in [3.05, 3.63) is 176 Å². The highest BCUT2D eigenvalue weighted by Crippen LogP contribution is 2.41. The van der Waals surface area contributed by atoms with Gasteiger partial charge in [0.2, 0.25) is 0 Å². The summed E-state index contributed by atoms with van der Waals surface area (Å²) < 4.78 is 14.8. The van der Waals surface area contributed by atoms with Crippen LogP contribution in [0.4, 0.5) is 4.39 Å². The maximum absolute atomic E-state index is 13.7. The fraction of sp³-hybridized carbons (Fsp3) is 0.345. The molecular formula is C55H62BrClFN3S3. The molecule has 3 N–H and O–H groups in total. The fourth-order valence-corrected chi connectivity index (χ4v) is 12.4. The number of nitrogens with one attached hydrogen (secondary N) is 3. The van der Waals surface area contributed by atoms with Crippen LogP contribution in [0.2, 0.25) is 5.02 Å². The van der Waals surface area contributed by atoms with Crippen molar-refractivity contribution in [1.29, 1.82) is 0 Å². The molecule has 0 saturated carbocycles. The summed E-state index contributed by atoms with van der Waals surface area (Å²) in [4.78, 5) is 7.63. The van der Waals surface area contributed by atoms with E-state index >= 15 is 0 Å². The summed E-state index contributed by atoms with van der Waals surface area (Å²) in [7, 11) is 0. The SMILES string of the molecule is Cc1ccc(Sc2cc(F)ccc2C2CCNCC2)cc1.Cc1ccc(Sc2ccc(Br)cc2C2CCNCC2)c(C)c1.Cc1ccc(Sc2ccc(Cl)cc2)c(C2CCNCC2)c1. The van der Waals surface area contributed by atoms with Crippen LogP contribution < -0.4 is 16.0 Å². The monoisotopic (exact) mass is 993 g/mol. The second-order valence-corrected chi connectivity index (χ2v) is 22.0. The van der Waals surface area contributed by atoms with Crippen LogP contribution in [0, 0.1) is 33.5 Å². The second-order valence-electron chi connectivity index (χ2n) is 17.3. The molecule has 64 heavy (non-hydrogen) atoms. The largest absolute Gasteiger partial charge is 0.317 e. The zero-order valence-electron chi connectivity index (χ0n) is 37.6. The molecule has 9 heteroatoms. The lowest BCUT2D eigenvalue weighted by atomic mass is 9.89. The summed E-state index contributed by atoms with van der Waals surface area (Å²) in [6.45, 7) is 15.2. The number of hydrogen-bond acceptors (Lipinski definition) is 6. The average molecular weight is 996 g/mol. The first kappa shape index (κ1) is 48.9. The predicted molar refractivity (Wildman–Crippen MR) is 277 cm³/mol. The smallest absolute Gasteiger partial charge is 0.124 e. The van der Waals surface area contributed by atoms with Gasteiger partial charge in [-0.05, 0) is 224 Å². The number of aryl methyl sites for hydroxylation is 4. The van der Waals surface area contributed by atoms with Gasteiger partial charge in [-0.3, -0.25) is 0 Å². The number of halogens is 3. The molecule has 3 aliphatic rings. The minimum absolute atomic E-state index is 0.151. The third-order valence-electron chi connectivity index (χ3n) is 12.3. The lowest BCUT2D eigenvalue weighted by Crippen LogP contribution is -2.26. The molecule has 3 heterocycles. The molecule has 0 aromatic heterocycles. The number of hydrogen-bond donors (Lipinski definition) is 3. The first-order chi connectivity index (χ1) is 31.1. The fourth-order valence-electron chi connectivity index (χ4n) is 8.74. The zero-order valence-corrected chi connectivity index (χ0v) is 42.4. The summed E-state index contributed by atoms with van der Waals surface area (Å²) >= 11 is 15.0. The molecule has 9 rings (SSSR count). The Bertz CT molecular complexity index is 2410. The number of benzene rings is 6. The Morgan fingerprint density at radius 1 is 0.453 bits per heavy atom. The molecule has 0 radical (unpaired) electrons. The van der Waals surface area contributed by atoms with Crippen molar-refractivity contribution in [3.63, 3.8) is 0 Å². The molecule has 3 saturated heterocycles. The van der Waals surface area contributed by atoms with Gasteiger partial charge in [-0.2, -0.15) is 0 Å². The predicted octanol–water partition coefficient (Wildman–Crippen LogP) is 15.7. The van der Waals surface area contributed by atoms with Crippen molar-refractivity contribution in [2.24, 2.45) is 0 Å². The van der Waals surface area contributed by atoms with Crippen LogP contribution in [0.25, 0.3) is 0 Å². The molecule has 0 unspecified atom stereocenters. The Balaban J connectivity index is 0.000000144. The molecule has 3 aliphatic heterocycles. The first-order valence-corrected chi connectivity index (χ1v) is 26.4. The topological polar surface area (TPSA) is 36.1 Å². The number of rotatable bonds is 9. The van der Waals surface area contributed by atoms with E-state index in [1.165, 1.54) is 93.6 Å². The van der Waals surface area contributed by atoms with Gasteiger partial charge in [0.05, 0.1) is 0 Å². The van der Waals surface area contributed by atoms with Gasteiger partial charge >= 0.3 is 0 Å². The summed E-state index contributed by atoms with van der Waals surface area (Å²) in [5.41, 5.74) is 9.60. The van der Waals surface area contributed by atoms with Crippen molar-refractivity contribution in [2.75, 3.05) is 39.3 Å². The van der Waals surface area contributed by atoms with Crippen LogP contribution in [0.15, 0.2) is 155 Å². The lowest BCUT2D eigenvalue weighted by molar-refractivity contribution is 0.455. The van der Waals surface area contributed by atoms with E-state index in [9.17, 15) is 4.39 Å². The van der Waals surface area contributed by atoms with Gasteiger partial charge in [0.1, 0.15) is 5.82 Å². The second kappa shape index (κ2) is 24.6. The van der Waals surface area contributed by atoms with E-state index in [1.54, 1.807) is 23.9 Å². The van der Waals surface area contributed by atoms with Crippen molar-refractivity contribution >= 4 is 62.8 Å². The van der Waals surface area contributed by atoms with Gasteiger partial charge in [0.25, 0.3) is 0 Å². The Kier molecular flexibility index (Phi) is 18.8. The molecule has 3 fully saturated rings. The van der Waals surface area contributed by atoms with Crippen LogP contribution in [-0.2, 0) is 0 Å². The molecule has 0 amide bonds. The van der Waals surface area contributed by atoms with Crippen molar-refractivity contribution in [1.82, 2.24) is 16.0 Å². The van der Waals surface area contributed by atoms with Crippen molar-refractivity contribution in [2.45, 2.75) is 113 Å².